The maximum atomic E-state index is 13.2. The number of aliphatic hydroxyl groups is 1. The SMILES string of the molecule is O=C(O)N1C(=O)O[C@@H](CO)[C@@H]1c1ccc(F)c(F)c1. The summed E-state index contributed by atoms with van der Waals surface area (Å²) >= 11 is 0. The number of benzene rings is 1. The van der Waals surface area contributed by atoms with Crippen LogP contribution in [0, 0.1) is 11.6 Å². The molecule has 0 aromatic heterocycles. The highest BCUT2D eigenvalue weighted by atomic mass is 19.2. The molecule has 1 aromatic rings. The molecule has 0 aliphatic carbocycles. The Bertz CT molecular complexity index is 536. The summed E-state index contributed by atoms with van der Waals surface area (Å²) in [6.07, 6.45) is -3.93. The van der Waals surface area contributed by atoms with Gasteiger partial charge >= 0.3 is 12.2 Å². The normalized spacial score (nSPS) is 22.5. The van der Waals surface area contributed by atoms with E-state index in [1.165, 1.54) is 0 Å². The van der Waals surface area contributed by atoms with Gasteiger partial charge in [-0.15, -0.1) is 0 Å². The summed E-state index contributed by atoms with van der Waals surface area (Å²) in [7, 11) is 0. The van der Waals surface area contributed by atoms with Crippen molar-refractivity contribution in [3.05, 3.63) is 35.4 Å². The Morgan fingerprint density at radius 1 is 1.37 bits per heavy atom. The number of cyclic esters (lactones) is 1. The molecule has 1 aromatic carbocycles. The zero-order chi connectivity index (χ0) is 14.2. The summed E-state index contributed by atoms with van der Waals surface area (Å²) in [5.74, 6) is -2.28. The molecule has 1 heterocycles. The maximum Gasteiger partial charge on any atom is 0.420 e. The third kappa shape index (κ3) is 2.22. The van der Waals surface area contributed by atoms with Crippen molar-refractivity contribution in [3.8, 4) is 0 Å². The summed E-state index contributed by atoms with van der Waals surface area (Å²) in [4.78, 5) is 22.7. The van der Waals surface area contributed by atoms with Gasteiger partial charge in [0.15, 0.2) is 17.7 Å². The molecule has 19 heavy (non-hydrogen) atoms. The van der Waals surface area contributed by atoms with Crippen LogP contribution >= 0.6 is 0 Å². The minimum atomic E-state index is -1.60. The van der Waals surface area contributed by atoms with Gasteiger partial charge in [0, 0.05) is 0 Å². The van der Waals surface area contributed by atoms with E-state index in [4.69, 9.17) is 10.2 Å². The van der Waals surface area contributed by atoms with Gasteiger partial charge in [-0.3, -0.25) is 0 Å². The predicted molar refractivity (Wildman–Crippen MR) is 56.3 cm³/mol. The molecule has 6 nitrogen and oxygen atoms in total. The van der Waals surface area contributed by atoms with E-state index in [9.17, 15) is 18.4 Å². The Morgan fingerprint density at radius 2 is 2.05 bits per heavy atom. The standard InChI is InChI=1S/C11H9F2NO5/c12-6-2-1-5(3-7(6)13)9-8(4-15)19-11(18)14(9)10(16)17/h1-3,8-9,15H,4H2,(H,16,17)/t8-,9-/m0/s1. The van der Waals surface area contributed by atoms with Gasteiger partial charge in [-0.1, -0.05) is 6.07 Å². The topological polar surface area (TPSA) is 87.1 Å². The number of carboxylic acid groups (broad SMARTS) is 1. The van der Waals surface area contributed by atoms with Crippen molar-refractivity contribution in [2.45, 2.75) is 12.1 Å². The van der Waals surface area contributed by atoms with Gasteiger partial charge in [-0.05, 0) is 17.7 Å². The first kappa shape index (κ1) is 13.2. The third-order valence-corrected chi connectivity index (χ3v) is 2.75. The van der Waals surface area contributed by atoms with Crippen LogP contribution in [0.15, 0.2) is 18.2 Å². The number of hydrogen-bond donors (Lipinski definition) is 2. The van der Waals surface area contributed by atoms with Crippen molar-refractivity contribution in [1.82, 2.24) is 4.90 Å². The fourth-order valence-electron chi connectivity index (χ4n) is 1.92. The summed E-state index contributed by atoms with van der Waals surface area (Å²) in [6.45, 7) is -0.640. The molecule has 0 radical (unpaired) electrons. The molecule has 2 atom stereocenters. The molecule has 8 heteroatoms. The monoisotopic (exact) mass is 273 g/mol. The van der Waals surface area contributed by atoms with E-state index >= 15 is 0 Å². The molecular weight excluding hydrogens is 264 g/mol. The average Bonchev–Trinajstić information content (AvgIpc) is 2.69. The van der Waals surface area contributed by atoms with Crippen LogP contribution < -0.4 is 0 Å². The fraction of sp³-hybridized carbons (Fsp3) is 0.273. The van der Waals surface area contributed by atoms with Crippen molar-refractivity contribution < 1.29 is 33.3 Å². The molecule has 0 bridgehead atoms. The molecular formula is C11H9F2NO5. The van der Waals surface area contributed by atoms with E-state index in [0.29, 0.717) is 4.90 Å². The quantitative estimate of drug-likeness (QED) is 0.852. The molecule has 2 rings (SSSR count). The molecule has 1 aliphatic rings. The van der Waals surface area contributed by atoms with E-state index < -0.39 is 42.6 Å². The van der Waals surface area contributed by atoms with Crippen molar-refractivity contribution in [2.24, 2.45) is 0 Å². The lowest BCUT2D eigenvalue weighted by molar-refractivity contribution is 0.0825. The summed E-state index contributed by atoms with van der Waals surface area (Å²) in [6, 6.07) is 1.48. The van der Waals surface area contributed by atoms with Crippen molar-refractivity contribution in [3.63, 3.8) is 0 Å². The van der Waals surface area contributed by atoms with Gasteiger partial charge in [-0.2, -0.15) is 0 Å². The Kier molecular flexibility index (Phi) is 3.34. The number of rotatable bonds is 2. The van der Waals surface area contributed by atoms with E-state index in [0.717, 1.165) is 18.2 Å². The Balaban J connectivity index is 2.45. The Morgan fingerprint density at radius 3 is 2.58 bits per heavy atom. The van der Waals surface area contributed by atoms with Crippen molar-refractivity contribution >= 4 is 12.2 Å². The summed E-state index contributed by atoms with van der Waals surface area (Å²) in [5, 5.41) is 18.0. The molecule has 102 valence electrons. The van der Waals surface area contributed by atoms with Crippen LogP contribution in [0.1, 0.15) is 11.6 Å². The van der Waals surface area contributed by atoms with Crippen LogP contribution in [0.3, 0.4) is 0 Å². The second kappa shape index (κ2) is 4.81. The van der Waals surface area contributed by atoms with Gasteiger partial charge in [0.05, 0.1) is 6.61 Å². The molecule has 0 saturated carbocycles. The second-order valence-electron chi connectivity index (χ2n) is 3.88. The third-order valence-electron chi connectivity index (χ3n) is 2.75. The number of carbonyl (C=O) groups excluding carboxylic acids is 1. The van der Waals surface area contributed by atoms with Crippen LogP contribution in [-0.2, 0) is 4.74 Å². The first-order chi connectivity index (χ1) is 8.95. The van der Waals surface area contributed by atoms with Crippen LogP contribution in [0.25, 0.3) is 0 Å². The van der Waals surface area contributed by atoms with E-state index in [1.807, 2.05) is 0 Å². The van der Waals surface area contributed by atoms with Crippen molar-refractivity contribution in [2.75, 3.05) is 6.61 Å². The van der Waals surface area contributed by atoms with Gasteiger partial charge in [-0.25, -0.2) is 23.3 Å². The fourth-order valence-corrected chi connectivity index (χ4v) is 1.92. The van der Waals surface area contributed by atoms with Crippen LogP contribution in [-0.4, -0.2) is 40.0 Å². The lowest BCUT2D eigenvalue weighted by Gasteiger charge is -2.20. The number of hydrogen-bond acceptors (Lipinski definition) is 4. The highest BCUT2D eigenvalue weighted by Crippen LogP contribution is 2.33. The lowest BCUT2D eigenvalue weighted by atomic mass is 10.0. The van der Waals surface area contributed by atoms with E-state index in [-0.39, 0.29) is 5.56 Å². The molecule has 1 fully saturated rings. The van der Waals surface area contributed by atoms with Gasteiger partial charge in [0.1, 0.15) is 6.04 Å². The van der Waals surface area contributed by atoms with Crippen LogP contribution in [0.4, 0.5) is 18.4 Å². The summed E-state index contributed by atoms with van der Waals surface area (Å²) in [5.41, 5.74) is 0.0196. The van der Waals surface area contributed by atoms with Crippen molar-refractivity contribution in [1.29, 1.82) is 0 Å². The highest BCUT2D eigenvalue weighted by molar-refractivity contribution is 5.89. The average molecular weight is 273 g/mol. The predicted octanol–water partition coefficient (Wildman–Crippen LogP) is 1.50. The Hall–Kier alpha value is -2.22. The second-order valence-corrected chi connectivity index (χ2v) is 3.88. The van der Waals surface area contributed by atoms with E-state index in [2.05, 4.69) is 4.74 Å². The number of carbonyl (C=O) groups is 2. The maximum absolute atomic E-state index is 13.2. The number of ether oxygens (including phenoxy) is 1. The molecule has 0 spiro atoms. The molecule has 2 N–H and O–H groups in total. The van der Waals surface area contributed by atoms with Gasteiger partial charge < -0.3 is 14.9 Å². The van der Waals surface area contributed by atoms with Gasteiger partial charge in [0.25, 0.3) is 0 Å². The number of aliphatic hydroxyl groups excluding tert-OH is 1. The number of imide groups is 1. The molecule has 2 amide bonds. The lowest BCUT2D eigenvalue weighted by Crippen LogP contribution is -2.34. The van der Waals surface area contributed by atoms with Crippen LogP contribution in [0.2, 0.25) is 0 Å². The first-order valence-electron chi connectivity index (χ1n) is 5.24. The Labute approximate surface area is 105 Å². The first-order valence-corrected chi connectivity index (χ1v) is 5.24. The smallest absolute Gasteiger partial charge is 0.420 e. The zero-order valence-electron chi connectivity index (χ0n) is 9.42. The summed E-state index contributed by atoms with van der Waals surface area (Å²) < 4.78 is 30.7. The molecule has 1 saturated heterocycles. The van der Waals surface area contributed by atoms with Crippen LogP contribution in [0.5, 0.6) is 0 Å². The minimum Gasteiger partial charge on any atom is -0.465 e. The number of nitrogens with zero attached hydrogens (tertiary/aromatic N) is 1. The van der Waals surface area contributed by atoms with Gasteiger partial charge in [0.2, 0.25) is 0 Å². The largest absolute Gasteiger partial charge is 0.465 e. The number of halogens is 2. The molecule has 0 unspecified atom stereocenters. The minimum absolute atomic E-state index is 0.0196. The number of amides is 2. The highest BCUT2D eigenvalue weighted by Gasteiger charge is 2.46. The van der Waals surface area contributed by atoms with E-state index in [1.54, 1.807) is 0 Å². The zero-order valence-corrected chi connectivity index (χ0v) is 9.42. The molecule has 1 aliphatic heterocycles.